The molecular weight excluding hydrogens is 394 g/mol. The van der Waals surface area contributed by atoms with Crippen LogP contribution in [0.25, 0.3) is 0 Å². The lowest BCUT2D eigenvalue weighted by atomic mass is 10.1. The Hall–Kier alpha value is -3.81. The van der Waals surface area contributed by atoms with Gasteiger partial charge in [-0.05, 0) is 54.8 Å². The first-order valence-electron chi connectivity index (χ1n) is 10.2. The van der Waals surface area contributed by atoms with Crippen LogP contribution in [0.4, 0.5) is 16.2 Å². The predicted molar refractivity (Wildman–Crippen MR) is 118 cm³/mol. The molecule has 0 aliphatic carbocycles. The molecule has 3 aromatic rings. The molecule has 1 saturated heterocycles. The Kier molecular flexibility index (Phi) is 6.16. The minimum absolute atomic E-state index is 0.192. The topological polar surface area (TPSA) is 88.5 Å². The number of urea groups is 1. The number of benzene rings is 2. The molecule has 1 aliphatic rings. The van der Waals surface area contributed by atoms with Gasteiger partial charge in [-0.3, -0.25) is 9.48 Å². The second-order valence-corrected chi connectivity index (χ2v) is 7.36. The maximum absolute atomic E-state index is 13.0. The molecule has 2 heterocycles. The van der Waals surface area contributed by atoms with E-state index in [4.69, 9.17) is 4.74 Å². The molecule has 31 heavy (non-hydrogen) atoms. The van der Waals surface area contributed by atoms with Gasteiger partial charge in [-0.1, -0.05) is 18.2 Å². The van der Waals surface area contributed by atoms with E-state index in [0.717, 1.165) is 12.0 Å². The van der Waals surface area contributed by atoms with Crippen molar-refractivity contribution >= 4 is 23.3 Å². The summed E-state index contributed by atoms with van der Waals surface area (Å²) in [6.45, 7) is 1.08. The van der Waals surface area contributed by atoms with E-state index in [1.807, 2.05) is 36.5 Å². The number of carbonyl (C=O) groups excluding carboxylic acids is 2. The fourth-order valence-corrected chi connectivity index (χ4v) is 3.72. The molecule has 1 atom stereocenters. The SMILES string of the molecule is COc1ccc(NC(=O)[C@@H]2CCCN2C(=O)Nc2ccccc2Cn2cccn2)cc1. The molecule has 8 heteroatoms. The molecule has 0 radical (unpaired) electrons. The highest BCUT2D eigenvalue weighted by atomic mass is 16.5. The number of hydrogen-bond donors (Lipinski definition) is 2. The summed E-state index contributed by atoms with van der Waals surface area (Å²) in [5.41, 5.74) is 2.32. The van der Waals surface area contributed by atoms with Gasteiger partial charge < -0.3 is 20.3 Å². The molecule has 0 bridgehead atoms. The van der Waals surface area contributed by atoms with E-state index in [1.54, 1.807) is 47.2 Å². The number of ether oxygens (including phenoxy) is 1. The molecule has 2 aromatic carbocycles. The monoisotopic (exact) mass is 419 g/mol. The Morgan fingerprint density at radius 3 is 2.65 bits per heavy atom. The van der Waals surface area contributed by atoms with Gasteiger partial charge in [0.2, 0.25) is 5.91 Å². The first-order valence-corrected chi connectivity index (χ1v) is 10.2. The van der Waals surface area contributed by atoms with Crippen molar-refractivity contribution in [1.82, 2.24) is 14.7 Å². The predicted octanol–water partition coefficient (Wildman–Crippen LogP) is 3.58. The second kappa shape index (κ2) is 9.34. The van der Waals surface area contributed by atoms with Crippen molar-refractivity contribution < 1.29 is 14.3 Å². The van der Waals surface area contributed by atoms with Crippen LogP contribution in [0.5, 0.6) is 5.75 Å². The molecular formula is C23H25N5O3. The summed E-state index contributed by atoms with van der Waals surface area (Å²) in [5.74, 6) is 0.524. The van der Waals surface area contributed by atoms with Crippen LogP contribution in [-0.2, 0) is 11.3 Å². The number of carbonyl (C=O) groups is 2. The standard InChI is InChI=1S/C23H25N5O3/c1-31-19-11-9-18(10-12-19)25-22(29)21-8-4-15-28(21)23(30)26-20-7-3-2-6-17(20)16-27-14-5-13-24-27/h2-3,5-7,9-14,21H,4,8,15-16H2,1H3,(H,25,29)(H,26,30)/t21-/m0/s1. The number of likely N-dealkylation sites (tertiary alicyclic amines) is 1. The van der Waals surface area contributed by atoms with Crippen LogP contribution >= 0.6 is 0 Å². The Labute approximate surface area is 180 Å². The number of methoxy groups -OCH3 is 1. The molecule has 2 N–H and O–H groups in total. The van der Waals surface area contributed by atoms with Crippen LogP contribution in [-0.4, -0.2) is 46.3 Å². The number of hydrogen-bond acceptors (Lipinski definition) is 4. The van der Waals surface area contributed by atoms with E-state index in [-0.39, 0.29) is 11.9 Å². The molecule has 0 unspecified atom stereocenters. The molecule has 1 aromatic heterocycles. The van der Waals surface area contributed by atoms with Gasteiger partial charge in [-0.25, -0.2) is 4.79 Å². The van der Waals surface area contributed by atoms with Crippen molar-refractivity contribution in [2.24, 2.45) is 0 Å². The minimum Gasteiger partial charge on any atom is -0.497 e. The molecule has 160 valence electrons. The Balaban J connectivity index is 1.42. The van der Waals surface area contributed by atoms with Crippen molar-refractivity contribution in [2.45, 2.75) is 25.4 Å². The summed E-state index contributed by atoms with van der Waals surface area (Å²) in [7, 11) is 1.59. The van der Waals surface area contributed by atoms with Gasteiger partial charge in [0.05, 0.1) is 13.7 Å². The van der Waals surface area contributed by atoms with Crippen LogP contribution in [0.1, 0.15) is 18.4 Å². The molecule has 0 spiro atoms. The number of amides is 3. The number of rotatable bonds is 6. The Bertz CT molecular complexity index is 1030. The normalized spacial score (nSPS) is 15.5. The van der Waals surface area contributed by atoms with E-state index in [9.17, 15) is 9.59 Å². The summed E-state index contributed by atoms with van der Waals surface area (Å²) in [6, 6.07) is 15.8. The zero-order valence-corrected chi connectivity index (χ0v) is 17.3. The highest BCUT2D eigenvalue weighted by Crippen LogP contribution is 2.23. The molecule has 8 nitrogen and oxygen atoms in total. The van der Waals surface area contributed by atoms with Gasteiger partial charge in [0.15, 0.2) is 0 Å². The molecule has 1 aliphatic heterocycles. The number of nitrogens with one attached hydrogen (secondary N) is 2. The Morgan fingerprint density at radius 1 is 1.10 bits per heavy atom. The largest absolute Gasteiger partial charge is 0.497 e. The third-order valence-electron chi connectivity index (χ3n) is 5.32. The zero-order valence-electron chi connectivity index (χ0n) is 17.3. The van der Waals surface area contributed by atoms with Gasteiger partial charge in [-0.15, -0.1) is 0 Å². The molecule has 0 saturated carbocycles. The van der Waals surface area contributed by atoms with E-state index in [0.29, 0.717) is 36.6 Å². The van der Waals surface area contributed by atoms with E-state index < -0.39 is 6.04 Å². The summed E-state index contributed by atoms with van der Waals surface area (Å²) >= 11 is 0. The number of para-hydroxylation sites is 1. The van der Waals surface area contributed by atoms with Gasteiger partial charge in [0.1, 0.15) is 11.8 Å². The van der Waals surface area contributed by atoms with Gasteiger partial charge >= 0.3 is 6.03 Å². The van der Waals surface area contributed by atoms with Gasteiger partial charge in [-0.2, -0.15) is 5.10 Å². The van der Waals surface area contributed by atoms with E-state index in [1.165, 1.54) is 0 Å². The van der Waals surface area contributed by atoms with Crippen molar-refractivity contribution in [3.05, 3.63) is 72.6 Å². The zero-order chi connectivity index (χ0) is 21.6. The lowest BCUT2D eigenvalue weighted by Crippen LogP contribution is -2.45. The molecule has 3 amide bonds. The fraction of sp³-hybridized carbons (Fsp3) is 0.261. The quantitative estimate of drug-likeness (QED) is 0.639. The summed E-state index contributed by atoms with van der Waals surface area (Å²) in [5, 5.41) is 10.1. The number of aromatic nitrogens is 2. The Morgan fingerprint density at radius 2 is 1.90 bits per heavy atom. The lowest BCUT2D eigenvalue weighted by Gasteiger charge is -2.25. The highest BCUT2D eigenvalue weighted by molar-refractivity contribution is 5.99. The van der Waals surface area contributed by atoms with Crippen LogP contribution in [0.2, 0.25) is 0 Å². The summed E-state index contributed by atoms with van der Waals surface area (Å²) in [6.07, 6.45) is 5.00. The minimum atomic E-state index is -0.514. The van der Waals surface area contributed by atoms with Crippen molar-refractivity contribution in [2.75, 3.05) is 24.3 Å². The first-order chi connectivity index (χ1) is 15.1. The highest BCUT2D eigenvalue weighted by Gasteiger charge is 2.34. The third kappa shape index (κ3) is 4.85. The molecule has 1 fully saturated rings. The maximum Gasteiger partial charge on any atom is 0.322 e. The average molecular weight is 419 g/mol. The fourth-order valence-electron chi connectivity index (χ4n) is 3.72. The van der Waals surface area contributed by atoms with Gasteiger partial charge in [0, 0.05) is 30.3 Å². The second-order valence-electron chi connectivity index (χ2n) is 7.36. The summed E-state index contributed by atoms with van der Waals surface area (Å²) < 4.78 is 6.94. The maximum atomic E-state index is 13.0. The average Bonchev–Trinajstić information content (AvgIpc) is 3.48. The van der Waals surface area contributed by atoms with E-state index in [2.05, 4.69) is 15.7 Å². The van der Waals surface area contributed by atoms with Crippen LogP contribution in [0.15, 0.2) is 67.0 Å². The third-order valence-corrected chi connectivity index (χ3v) is 5.32. The van der Waals surface area contributed by atoms with Gasteiger partial charge in [0.25, 0.3) is 0 Å². The van der Waals surface area contributed by atoms with Crippen molar-refractivity contribution in [3.63, 3.8) is 0 Å². The van der Waals surface area contributed by atoms with Crippen LogP contribution in [0.3, 0.4) is 0 Å². The number of nitrogens with zero attached hydrogens (tertiary/aromatic N) is 3. The first kappa shape index (κ1) is 20.5. The van der Waals surface area contributed by atoms with E-state index >= 15 is 0 Å². The smallest absolute Gasteiger partial charge is 0.322 e. The molecule has 4 rings (SSSR count). The lowest BCUT2D eigenvalue weighted by molar-refractivity contribution is -0.119. The van der Waals surface area contributed by atoms with Crippen molar-refractivity contribution in [3.8, 4) is 5.75 Å². The number of anilines is 2. The van der Waals surface area contributed by atoms with Crippen LogP contribution in [0, 0.1) is 0 Å². The van der Waals surface area contributed by atoms with Crippen LogP contribution < -0.4 is 15.4 Å². The summed E-state index contributed by atoms with van der Waals surface area (Å²) in [4.78, 5) is 27.5. The van der Waals surface area contributed by atoms with Crippen molar-refractivity contribution in [1.29, 1.82) is 0 Å².